The summed E-state index contributed by atoms with van der Waals surface area (Å²) < 4.78 is 10.9. The van der Waals surface area contributed by atoms with E-state index in [4.69, 9.17) is 9.47 Å². The summed E-state index contributed by atoms with van der Waals surface area (Å²) in [6.45, 7) is 5.18. The number of methoxy groups -OCH3 is 2. The SMILES string of the molecule is CCCCNC(=O)C1c2cc(OC)c(OC)cc2C(=O)N1CC(C)c1cccc2ccccc12. The Morgan fingerprint density at radius 3 is 2.50 bits per heavy atom. The van der Waals surface area contributed by atoms with Gasteiger partial charge in [0.15, 0.2) is 11.5 Å². The average Bonchev–Trinajstić information content (AvgIpc) is 3.13. The summed E-state index contributed by atoms with van der Waals surface area (Å²) in [5.74, 6) is 0.670. The number of nitrogens with one attached hydrogen (secondary N) is 1. The van der Waals surface area contributed by atoms with E-state index in [1.54, 1.807) is 31.3 Å². The van der Waals surface area contributed by atoms with Gasteiger partial charge in [0.1, 0.15) is 6.04 Å². The fourth-order valence-electron chi connectivity index (χ4n) is 4.78. The van der Waals surface area contributed by atoms with Gasteiger partial charge in [0.25, 0.3) is 5.91 Å². The van der Waals surface area contributed by atoms with E-state index in [1.165, 1.54) is 0 Å². The molecule has 0 saturated carbocycles. The molecule has 4 rings (SSSR count). The highest BCUT2D eigenvalue weighted by atomic mass is 16.5. The van der Waals surface area contributed by atoms with Gasteiger partial charge >= 0.3 is 0 Å². The Labute approximate surface area is 200 Å². The highest BCUT2D eigenvalue weighted by Gasteiger charge is 2.42. The predicted octanol–water partition coefficient (Wildman–Crippen LogP) is 5.07. The highest BCUT2D eigenvalue weighted by molar-refractivity contribution is 6.05. The highest BCUT2D eigenvalue weighted by Crippen LogP contribution is 2.42. The molecule has 1 heterocycles. The number of ether oxygens (including phenoxy) is 2. The van der Waals surface area contributed by atoms with Crippen LogP contribution >= 0.6 is 0 Å². The minimum Gasteiger partial charge on any atom is -0.493 e. The first-order valence-corrected chi connectivity index (χ1v) is 11.8. The van der Waals surface area contributed by atoms with Crippen molar-refractivity contribution in [1.82, 2.24) is 10.2 Å². The van der Waals surface area contributed by atoms with Gasteiger partial charge in [-0.25, -0.2) is 0 Å². The largest absolute Gasteiger partial charge is 0.493 e. The molecular weight excluding hydrogens is 428 g/mol. The number of rotatable bonds is 9. The van der Waals surface area contributed by atoms with Gasteiger partial charge in [0.05, 0.1) is 14.2 Å². The second-order valence-corrected chi connectivity index (χ2v) is 8.77. The summed E-state index contributed by atoms with van der Waals surface area (Å²) in [5.41, 5.74) is 2.29. The topological polar surface area (TPSA) is 67.9 Å². The van der Waals surface area contributed by atoms with Crippen LogP contribution in [0.4, 0.5) is 0 Å². The van der Waals surface area contributed by atoms with E-state index in [0.717, 1.165) is 29.2 Å². The van der Waals surface area contributed by atoms with Crippen LogP contribution in [-0.4, -0.2) is 44.0 Å². The van der Waals surface area contributed by atoms with Crippen molar-refractivity contribution in [1.29, 1.82) is 0 Å². The van der Waals surface area contributed by atoms with E-state index >= 15 is 0 Å². The van der Waals surface area contributed by atoms with Crippen molar-refractivity contribution in [3.8, 4) is 11.5 Å². The van der Waals surface area contributed by atoms with E-state index in [9.17, 15) is 9.59 Å². The standard InChI is InChI=1S/C28H32N2O4/c1-5-6-14-29-27(31)26-22-15-24(33-3)25(34-4)16-23(22)28(32)30(26)17-18(2)20-13-9-11-19-10-7-8-12-21(19)20/h7-13,15-16,18,26H,5-6,14,17H2,1-4H3,(H,29,31). The molecule has 1 aliphatic rings. The molecule has 0 saturated heterocycles. The Hall–Kier alpha value is -3.54. The van der Waals surface area contributed by atoms with Crippen LogP contribution in [-0.2, 0) is 4.79 Å². The molecule has 2 atom stereocenters. The molecule has 3 aromatic carbocycles. The van der Waals surface area contributed by atoms with Gasteiger partial charge in [-0.05, 0) is 40.8 Å². The van der Waals surface area contributed by atoms with Crippen LogP contribution in [0.3, 0.4) is 0 Å². The van der Waals surface area contributed by atoms with Gasteiger partial charge < -0.3 is 19.7 Å². The van der Waals surface area contributed by atoms with Gasteiger partial charge in [0.2, 0.25) is 5.91 Å². The van der Waals surface area contributed by atoms with Crippen molar-refractivity contribution < 1.29 is 19.1 Å². The lowest BCUT2D eigenvalue weighted by molar-refractivity contribution is -0.125. The number of benzene rings is 3. The van der Waals surface area contributed by atoms with E-state index in [-0.39, 0.29) is 17.7 Å². The fraction of sp³-hybridized carbons (Fsp3) is 0.357. The molecule has 178 valence electrons. The molecule has 34 heavy (non-hydrogen) atoms. The second kappa shape index (κ2) is 10.2. The minimum atomic E-state index is -0.711. The molecule has 0 bridgehead atoms. The number of carbonyl (C=O) groups is 2. The maximum Gasteiger partial charge on any atom is 0.255 e. The summed E-state index contributed by atoms with van der Waals surface area (Å²) in [6, 6.07) is 17.2. The van der Waals surface area contributed by atoms with Crippen LogP contribution in [0, 0.1) is 0 Å². The zero-order chi connectivity index (χ0) is 24.2. The molecule has 0 aromatic heterocycles. The van der Waals surface area contributed by atoms with E-state index < -0.39 is 6.04 Å². The Morgan fingerprint density at radius 1 is 1.06 bits per heavy atom. The molecule has 0 aliphatic carbocycles. The Balaban J connectivity index is 1.71. The van der Waals surface area contributed by atoms with Gasteiger partial charge in [0, 0.05) is 24.2 Å². The number of nitrogens with zero attached hydrogens (tertiary/aromatic N) is 1. The number of unbranched alkanes of at least 4 members (excludes halogenated alkanes) is 1. The van der Waals surface area contributed by atoms with Crippen molar-refractivity contribution in [2.45, 2.75) is 38.6 Å². The average molecular weight is 461 g/mol. The number of fused-ring (bicyclic) bond motifs is 2. The molecular formula is C28H32N2O4. The zero-order valence-corrected chi connectivity index (χ0v) is 20.3. The van der Waals surface area contributed by atoms with Crippen LogP contribution in [0.15, 0.2) is 54.6 Å². The second-order valence-electron chi connectivity index (χ2n) is 8.77. The van der Waals surface area contributed by atoms with Crippen LogP contribution in [0.5, 0.6) is 11.5 Å². The molecule has 0 spiro atoms. The normalized spacial score (nSPS) is 15.8. The molecule has 0 radical (unpaired) electrons. The van der Waals surface area contributed by atoms with Crippen molar-refractivity contribution in [3.63, 3.8) is 0 Å². The Kier molecular flexibility index (Phi) is 7.06. The van der Waals surface area contributed by atoms with Crippen LogP contribution in [0.2, 0.25) is 0 Å². The summed E-state index contributed by atoms with van der Waals surface area (Å²) >= 11 is 0. The Bertz CT molecular complexity index is 1200. The molecule has 6 nitrogen and oxygen atoms in total. The fourth-order valence-corrected chi connectivity index (χ4v) is 4.78. The van der Waals surface area contributed by atoms with E-state index in [2.05, 4.69) is 43.4 Å². The minimum absolute atomic E-state index is 0.0269. The summed E-state index contributed by atoms with van der Waals surface area (Å²) in [7, 11) is 3.09. The van der Waals surface area contributed by atoms with Crippen molar-refractivity contribution >= 4 is 22.6 Å². The number of amides is 2. The molecule has 2 amide bonds. The summed E-state index contributed by atoms with van der Waals surface area (Å²) in [4.78, 5) is 28.6. The van der Waals surface area contributed by atoms with Crippen LogP contribution in [0.25, 0.3) is 10.8 Å². The lowest BCUT2D eigenvalue weighted by Crippen LogP contribution is -2.41. The zero-order valence-electron chi connectivity index (χ0n) is 20.3. The molecule has 6 heteroatoms. The smallest absolute Gasteiger partial charge is 0.255 e. The first-order valence-electron chi connectivity index (χ1n) is 11.8. The third-order valence-electron chi connectivity index (χ3n) is 6.56. The van der Waals surface area contributed by atoms with Crippen LogP contribution < -0.4 is 14.8 Å². The van der Waals surface area contributed by atoms with E-state index in [0.29, 0.717) is 35.7 Å². The lowest BCUT2D eigenvalue weighted by Gasteiger charge is -2.28. The molecule has 1 aliphatic heterocycles. The molecule has 3 aromatic rings. The van der Waals surface area contributed by atoms with Gasteiger partial charge in [-0.1, -0.05) is 62.7 Å². The van der Waals surface area contributed by atoms with Gasteiger partial charge in [-0.2, -0.15) is 0 Å². The third kappa shape index (κ3) is 4.32. The predicted molar refractivity (Wildman–Crippen MR) is 134 cm³/mol. The van der Waals surface area contributed by atoms with Gasteiger partial charge in [-0.15, -0.1) is 0 Å². The lowest BCUT2D eigenvalue weighted by atomic mass is 9.94. The summed E-state index contributed by atoms with van der Waals surface area (Å²) in [5, 5.41) is 5.34. The monoisotopic (exact) mass is 460 g/mol. The molecule has 2 unspecified atom stereocenters. The first-order chi connectivity index (χ1) is 16.5. The molecule has 0 fully saturated rings. The molecule has 1 N–H and O–H groups in total. The van der Waals surface area contributed by atoms with Crippen LogP contribution in [0.1, 0.15) is 60.1 Å². The number of hydrogen-bond acceptors (Lipinski definition) is 4. The number of hydrogen-bond donors (Lipinski definition) is 1. The van der Waals surface area contributed by atoms with Crippen molar-refractivity contribution in [2.24, 2.45) is 0 Å². The summed E-state index contributed by atoms with van der Waals surface area (Å²) in [6.07, 6.45) is 1.87. The quantitative estimate of drug-likeness (QED) is 0.453. The maximum absolute atomic E-state index is 13.6. The maximum atomic E-state index is 13.6. The third-order valence-corrected chi connectivity index (χ3v) is 6.56. The van der Waals surface area contributed by atoms with Gasteiger partial charge in [-0.3, -0.25) is 9.59 Å². The Morgan fingerprint density at radius 2 is 1.76 bits per heavy atom. The van der Waals surface area contributed by atoms with E-state index in [1.807, 2.05) is 18.2 Å². The van der Waals surface area contributed by atoms with Crippen molar-refractivity contribution in [3.05, 3.63) is 71.3 Å². The van der Waals surface area contributed by atoms with Crippen molar-refractivity contribution in [2.75, 3.05) is 27.3 Å². The number of carbonyl (C=O) groups excluding carboxylic acids is 2. The first kappa shape index (κ1) is 23.6.